The Bertz CT molecular complexity index is 1180. The van der Waals surface area contributed by atoms with Crippen molar-refractivity contribution in [3.05, 3.63) is 70.5 Å². The van der Waals surface area contributed by atoms with Gasteiger partial charge in [0, 0.05) is 23.9 Å². The molecule has 1 aliphatic heterocycles. The van der Waals surface area contributed by atoms with E-state index in [1.165, 1.54) is 5.56 Å². The van der Waals surface area contributed by atoms with Crippen LogP contribution in [0.4, 0.5) is 5.82 Å². The lowest BCUT2D eigenvalue weighted by molar-refractivity contribution is -0.118. The quantitative estimate of drug-likeness (QED) is 0.578. The monoisotopic (exact) mass is 427 g/mol. The van der Waals surface area contributed by atoms with Gasteiger partial charge in [-0.3, -0.25) is 9.78 Å². The van der Waals surface area contributed by atoms with E-state index >= 15 is 0 Å². The molecular weight excluding hydrogens is 398 g/mol. The number of amides is 1. The molecule has 32 heavy (non-hydrogen) atoms. The van der Waals surface area contributed by atoms with Crippen molar-refractivity contribution in [1.82, 2.24) is 9.97 Å². The number of anilines is 1. The first-order valence-electron chi connectivity index (χ1n) is 11.5. The van der Waals surface area contributed by atoms with Crippen LogP contribution in [0.5, 0.6) is 5.75 Å². The van der Waals surface area contributed by atoms with E-state index in [0.717, 1.165) is 78.1 Å². The lowest BCUT2D eigenvalue weighted by Gasteiger charge is -2.18. The Kier molecular flexibility index (Phi) is 5.20. The topological polar surface area (TPSA) is 64.1 Å². The molecule has 0 radical (unpaired) electrons. The van der Waals surface area contributed by atoms with E-state index in [9.17, 15) is 4.79 Å². The molecule has 0 unspecified atom stereocenters. The van der Waals surface area contributed by atoms with E-state index in [-0.39, 0.29) is 5.91 Å². The van der Waals surface area contributed by atoms with Crippen LogP contribution in [0.3, 0.4) is 0 Å². The van der Waals surface area contributed by atoms with Gasteiger partial charge in [0.15, 0.2) is 0 Å². The van der Waals surface area contributed by atoms with E-state index in [1.54, 1.807) is 0 Å². The highest BCUT2D eigenvalue weighted by Gasteiger charge is 2.51. The third-order valence-electron chi connectivity index (χ3n) is 6.80. The summed E-state index contributed by atoms with van der Waals surface area (Å²) in [6.07, 6.45) is 6.56. The summed E-state index contributed by atoms with van der Waals surface area (Å²) >= 11 is 0. The molecule has 0 atom stereocenters. The van der Waals surface area contributed by atoms with Gasteiger partial charge in [-0.2, -0.15) is 0 Å². The maximum Gasteiger partial charge on any atom is 0.236 e. The molecule has 5 heteroatoms. The van der Waals surface area contributed by atoms with E-state index in [1.807, 2.05) is 24.4 Å². The van der Waals surface area contributed by atoms with Gasteiger partial charge in [0.25, 0.3) is 0 Å². The SMILES string of the molecule is CCCc1ccc(-c2nc(NC(=O)C3(c4ccc5c(c4)CCO5)CC3)cc(C)c2C)cn1. The van der Waals surface area contributed by atoms with E-state index < -0.39 is 5.41 Å². The van der Waals surface area contributed by atoms with Crippen LogP contribution in [0.25, 0.3) is 11.3 Å². The number of benzene rings is 1. The Labute approximate surface area is 189 Å². The molecule has 3 aromatic rings. The van der Waals surface area contributed by atoms with Gasteiger partial charge in [-0.15, -0.1) is 0 Å². The molecule has 1 aliphatic carbocycles. The molecule has 0 spiro atoms. The Morgan fingerprint density at radius 2 is 2.00 bits per heavy atom. The number of aromatic nitrogens is 2. The maximum atomic E-state index is 13.4. The highest BCUT2D eigenvalue weighted by atomic mass is 16.5. The highest BCUT2D eigenvalue weighted by molar-refractivity contribution is 6.01. The predicted molar refractivity (Wildman–Crippen MR) is 126 cm³/mol. The first-order chi connectivity index (χ1) is 15.5. The second-order valence-electron chi connectivity index (χ2n) is 9.04. The summed E-state index contributed by atoms with van der Waals surface area (Å²) in [5.74, 6) is 1.57. The molecule has 1 saturated carbocycles. The van der Waals surface area contributed by atoms with Crippen molar-refractivity contribution in [3.8, 4) is 17.0 Å². The summed E-state index contributed by atoms with van der Waals surface area (Å²) in [6.45, 7) is 7.00. The third kappa shape index (κ3) is 3.66. The van der Waals surface area contributed by atoms with Crippen molar-refractivity contribution in [1.29, 1.82) is 0 Å². The first kappa shape index (κ1) is 20.7. The summed E-state index contributed by atoms with van der Waals surface area (Å²) in [5.41, 5.74) is 6.96. The smallest absolute Gasteiger partial charge is 0.236 e. The molecule has 1 N–H and O–H groups in total. The second-order valence-corrected chi connectivity index (χ2v) is 9.04. The van der Waals surface area contributed by atoms with E-state index in [2.05, 4.69) is 49.3 Å². The van der Waals surface area contributed by atoms with Crippen molar-refractivity contribution in [2.24, 2.45) is 0 Å². The molecule has 1 amide bonds. The fourth-order valence-electron chi connectivity index (χ4n) is 4.54. The van der Waals surface area contributed by atoms with Gasteiger partial charge in [0.05, 0.1) is 17.7 Å². The maximum absolute atomic E-state index is 13.4. The van der Waals surface area contributed by atoms with Gasteiger partial charge in [-0.25, -0.2) is 4.98 Å². The molecule has 5 nitrogen and oxygen atoms in total. The molecule has 0 bridgehead atoms. The summed E-state index contributed by atoms with van der Waals surface area (Å²) in [6, 6.07) is 12.3. The van der Waals surface area contributed by atoms with Crippen LogP contribution in [0.15, 0.2) is 42.6 Å². The van der Waals surface area contributed by atoms with Gasteiger partial charge in [-0.1, -0.05) is 25.5 Å². The lowest BCUT2D eigenvalue weighted by Crippen LogP contribution is -2.28. The lowest BCUT2D eigenvalue weighted by atomic mass is 9.92. The minimum absolute atomic E-state index is 0.0227. The number of carbonyl (C=O) groups is 1. The first-order valence-corrected chi connectivity index (χ1v) is 11.5. The van der Waals surface area contributed by atoms with Crippen LogP contribution < -0.4 is 10.1 Å². The Morgan fingerprint density at radius 3 is 2.72 bits per heavy atom. The number of fused-ring (bicyclic) bond motifs is 1. The van der Waals surface area contributed by atoms with Crippen LogP contribution in [0.1, 0.15) is 54.1 Å². The van der Waals surface area contributed by atoms with E-state index in [4.69, 9.17) is 9.72 Å². The molecule has 164 valence electrons. The van der Waals surface area contributed by atoms with Crippen molar-refractivity contribution in [2.75, 3.05) is 11.9 Å². The fraction of sp³-hybridized carbons (Fsp3) is 0.370. The minimum Gasteiger partial charge on any atom is -0.493 e. The zero-order chi connectivity index (χ0) is 22.3. The average molecular weight is 428 g/mol. The van der Waals surface area contributed by atoms with Gasteiger partial charge < -0.3 is 10.1 Å². The Balaban J connectivity index is 1.41. The normalized spacial score (nSPS) is 15.7. The zero-order valence-electron chi connectivity index (χ0n) is 19.0. The number of aryl methyl sites for hydroxylation is 2. The van der Waals surface area contributed by atoms with Gasteiger partial charge in [-0.05, 0) is 79.6 Å². The summed E-state index contributed by atoms with van der Waals surface area (Å²) < 4.78 is 5.63. The molecule has 2 aliphatic rings. The number of carbonyl (C=O) groups excluding carboxylic acids is 1. The summed E-state index contributed by atoms with van der Waals surface area (Å²) in [4.78, 5) is 22.8. The minimum atomic E-state index is -0.457. The molecule has 1 aromatic carbocycles. The molecule has 0 saturated heterocycles. The molecule has 3 heterocycles. The highest BCUT2D eigenvalue weighted by Crippen LogP contribution is 2.50. The van der Waals surface area contributed by atoms with Crippen molar-refractivity contribution >= 4 is 11.7 Å². The van der Waals surface area contributed by atoms with Crippen molar-refractivity contribution in [3.63, 3.8) is 0 Å². The molecule has 1 fully saturated rings. The van der Waals surface area contributed by atoms with Gasteiger partial charge >= 0.3 is 0 Å². The molecular formula is C27H29N3O2. The number of pyridine rings is 2. The van der Waals surface area contributed by atoms with Gasteiger partial charge in [0.1, 0.15) is 11.6 Å². The summed E-state index contributed by atoms with van der Waals surface area (Å²) in [5, 5.41) is 3.12. The third-order valence-corrected chi connectivity index (χ3v) is 6.80. The molecule has 5 rings (SSSR count). The Morgan fingerprint density at radius 1 is 1.16 bits per heavy atom. The number of ether oxygens (including phenoxy) is 1. The van der Waals surface area contributed by atoms with Crippen LogP contribution in [0.2, 0.25) is 0 Å². The van der Waals surface area contributed by atoms with Crippen LogP contribution in [0, 0.1) is 13.8 Å². The number of nitrogens with zero attached hydrogens (tertiary/aromatic N) is 2. The largest absolute Gasteiger partial charge is 0.493 e. The van der Waals surface area contributed by atoms with E-state index in [0.29, 0.717) is 5.82 Å². The average Bonchev–Trinajstić information content (AvgIpc) is 3.48. The fourth-order valence-corrected chi connectivity index (χ4v) is 4.54. The van der Waals surface area contributed by atoms with Crippen LogP contribution in [-0.4, -0.2) is 22.5 Å². The predicted octanol–water partition coefficient (Wildman–Crippen LogP) is 5.32. The van der Waals surface area contributed by atoms with Gasteiger partial charge in [0.2, 0.25) is 5.91 Å². The molecule has 2 aromatic heterocycles. The second kappa shape index (κ2) is 8.05. The Hall–Kier alpha value is -3.21. The van der Waals surface area contributed by atoms with Crippen molar-refractivity contribution < 1.29 is 9.53 Å². The van der Waals surface area contributed by atoms with Crippen molar-refractivity contribution in [2.45, 2.75) is 58.3 Å². The van der Waals surface area contributed by atoms with Crippen LogP contribution in [-0.2, 0) is 23.1 Å². The number of rotatable bonds is 6. The number of nitrogens with one attached hydrogen (secondary N) is 1. The summed E-state index contributed by atoms with van der Waals surface area (Å²) in [7, 11) is 0. The number of hydrogen-bond donors (Lipinski definition) is 1. The van der Waals surface area contributed by atoms with Crippen LogP contribution >= 0.6 is 0 Å². The standard InChI is InChI=1S/C27H29N3O2/c1-4-5-22-8-6-20(16-28-22)25-18(3)17(2)14-24(29-25)30-26(31)27(11-12-27)21-7-9-23-19(15-21)10-13-32-23/h6-9,14-16H,4-5,10-13H2,1-3H3,(H,29,30,31). The zero-order valence-corrected chi connectivity index (χ0v) is 19.0. The number of hydrogen-bond acceptors (Lipinski definition) is 4.